The van der Waals surface area contributed by atoms with Crippen molar-refractivity contribution in [3.05, 3.63) is 81.6 Å². The van der Waals surface area contributed by atoms with Crippen LogP contribution in [0.5, 0.6) is 0 Å². The highest BCUT2D eigenvalue weighted by molar-refractivity contribution is 8.01. The summed E-state index contributed by atoms with van der Waals surface area (Å²) < 4.78 is 6.80. The van der Waals surface area contributed by atoms with E-state index in [2.05, 4.69) is 16.0 Å². The van der Waals surface area contributed by atoms with Crippen LogP contribution >= 0.6 is 34.4 Å². The Bertz CT molecular complexity index is 2810. The number of imide groups is 1. The van der Waals surface area contributed by atoms with Gasteiger partial charge in [0.1, 0.15) is 34.9 Å². The number of piperazine rings is 1. The molecule has 0 aliphatic carbocycles. The quantitative estimate of drug-likeness (QED) is 0.0296. The molecule has 1 aromatic carbocycles. The maximum atomic E-state index is 14.8. The monoisotopic (exact) mass is 1250 g/mol. The topological polar surface area (TPSA) is 274 Å². The van der Waals surface area contributed by atoms with E-state index in [0.717, 1.165) is 45.4 Å². The second-order valence-electron chi connectivity index (χ2n) is 22.8. The van der Waals surface area contributed by atoms with Crippen molar-refractivity contribution in [2.75, 3.05) is 72.7 Å². The first kappa shape index (κ1) is 68.6. The molecule has 9 amide bonds. The van der Waals surface area contributed by atoms with Crippen molar-refractivity contribution >= 4 is 93.6 Å². The number of nitrogens with zero attached hydrogens (tertiary/aromatic N) is 7. The van der Waals surface area contributed by atoms with Crippen molar-refractivity contribution in [2.45, 2.75) is 152 Å². The number of thiophene rings is 1. The first-order valence-electron chi connectivity index (χ1n) is 29.9. The number of hydrogen-bond donors (Lipinski definition) is 4. The molecular weight excluding hydrogens is 1160 g/mol. The van der Waals surface area contributed by atoms with E-state index in [1.165, 1.54) is 59.5 Å². The fraction of sp³-hybridized carbons (Fsp3) is 0.590. The molecule has 86 heavy (non-hydrogen) atoms. The fourth-order valence-corrected chi connectivity index (χ4v) is 13.7. The van der Waals surface area contributed by atoms with Gasteiger partial charge < -0.3 is 46.0 Å². The third kappa shape index (κ3) is 19.2. The molecule has 3 aliphatic rings. The van der Waals surface area contributed by atoms with Gasteiger partial charge in [-0.15, -0.1) is 34.4 Å². The minimum atomic E-state index is -1.15. The van der Waals surface area contributed by atoms with Crippen LogP contribution in [0.2, 0.25) is 0 Å². The fourth-order valence-electron chi connectivity index (χ4n) is 10.9. The van der Waals surface area contributed by atoms with E-state index < -0.39 is 71.8 Å². The number of nitrogens with two attached hydrogens (primary N) is 1. The van der Waals surface area contributed by atoms with Crippen LogP contribution in [0.3, 0.4) is 0 Å². The van der Waals surface area contributed by atoms with Gasteiger partial charge in [0.05, 0.1) is 10.3 Å². The van der Waals surface area contributed by atoms with Crippen molar-refractivity contribution in [1.82, 2.24) is 50.3 Å². The van der Waals surface area contributed by atoms with E-state index >= 15 is 0 Å². The number of likely N-dealkylation sites (N-methyl/N-ethyl adjacent to an activating group) is 3. The summed E-state index contributed by atoms with van der Waals surface area (Å²) in [5.41, 5.74) is 6.67. The largest absolute Gasteiger partial charge is 0.455 e. The van der Waals surface area contributed by atoms with Gasteiger partial charge in [-0.1, -0.05) is 76.9 Å². The summed E-state index contributed by atoms with van der Waals surface area (Å²) in [4.78, 5) is 151. The van der Waals surface area contributed by atoms with Crippen molar-refractivity contribution in [1.29, 1.82) is 0 Å². The van der Waals surface area contributed by atoms with E-state index in [4.69, 9.17) is 15.5 Å². The molecule has 0 spiro atoms. The zero-order valence-electron chi connectivity index (χ0n) is 50.9. The number of amides is 9. The molecule has 2 aromatic heterocycles. The summed E-state index contributed by atoms with van der Waals surface area (Å²) in [6, 6.07) is 7.97. The van der Waals surface area contributed by atoms with E-state index in [9.17, 15) is 47.9 Å². The van der Waals surface area contributed by atoms with E-state index in [0.29, 0.717) is 43.7 Å². The van der Waals surface area contributed by atoms with Crippen molar-refractivity contribution in [3.8, 4) is 0 Å². The molecule has 2 saturated heterocycles. The maximum absolute atomic E-state index is 14.8. The molecule has 8 atom stereocenters. The van der Waals surface area contributed by atoms with Gasteiger partial charge in [0.2, 0.25) is 35.4 Å². The lowest BCUT2D eigenvalue weighted by Gasteiger charge is -2.38. The molecule has 22 nitrogen and oxygen atoms in total. The molecule has 6 rings (SSSR count). The molecule has 5 heterocycles. The normalized spacial score (nSPS) is 17.9. The zero-order valence-corrected chi connectivity index (χ0v) is 53.4. The summed E-state index contributed by atoms with van der Waals surface area (Å²) in [7, 11) is 5.10. The SMILES string of the molecule is CC[C@H](C)[C@H](NC(=O)[C@H]1CCCCN1C)C(=O)N(C)[C@H](C[C@@H](OC(C)=O)c1nc(C(=O)N(C)[C@@H](CSc2cccs2)C(=O)N[C@H](CCCCN)C(=O)N[C@@H](Cc2ccccc2)C(=O)N2CCN(C(=O)CCCN3C(=O)C=CC3=O)CC2)cs1)C(C)C. The van der Waals surface area contributed by atoms with Gasteiger partial charge in [0, 0.05) is 102 Å². The first-order valence-corrected chi connectivity index (χ1v) is 32.6. The molecule has 0 radical (unpaired) electrons. The Labute approximate surface area is 517 Å². The Hall–Kier alpha value is -6.54. The van der Waals surface area contributed by atoms with Crippen LogP contribution in [0.1, 0.15) is 126 Å². The molecule has 3 aromatic rings. The summed E-state index contributed by atoms with van der Waals surface area (Å²) in [5, 5.41) is 12.7. The Morgan fingerprint density at radius 3 is 2.14 bits per heavy atom. The average Bonchev–Trinajstić information content (AvgIpc) is 4.11. The number of thioether (sulfide) groups is 1. The predicted molar refractivity (Wildman–Crippen MR) is 330 cm³/mol. The Morgan fingerprint density at radius 1 is 0.826 bits per heavy atom. The number of carbonyl (C=O) groups excluding carboxylic acids is 10. The number of thiazole rings is 1. The van der Waals surface area contributed by atoms with Gasteiger partial charge in [-0.3, -0.25) is 57.7 Å². The van der Waals surface area contributed by atoms with E-state index in [-0.39, 0.29) is 111 Å². The van der Waals surface area contributed by atoms with Gasteiger partial charge >= 0.3 is 5.97 Å². The van der Waals surface area contributed by atoms with Crippen molar-refractivity contribution in [3.63, 3.8) is 0 Å². The number of aromatic nitrogens is 1. The minimum absolute atomic E-state index is 0.0169. The Kier molecular flexibility index (Phi) is 26.7. The second kappa shape index (κ2) is 33.5. The van der Waals surface area contributed by atoms with Crippen molar-refractivity contribution in [2.24, 2.45) is 17.6 Å². The summed E-state index contributed by atoms with van der Waals surface area (Å²) in [5.74, 6) is -4.49. The minimum Gasteiger partial charge on any atom is -0.455 e. The molecule has 0 bridgehead atoms. The number of piperidine rings is 1. The van der Waals surface area contributed by atoms with Gasteiger partial charge in [-0.25, -0.2) is 4.98 Å². The van der Waals surface area contributed by atoms with Crippen LogP contribution in [0.15, 0.2) is 69.6 Å². The molecular formula is C61H87N11O11S3. The average molecular weight is 1250 g/mol. The van der Waals surface area contributed by atoms with Gasteiger partial charge in [0.25, 0.3) is 17.7 Å². The number of carbonyl (C=O) groups is 10. The highest BCUT2D eigenvalue weighted by Gasteiger charge is 2.39. The summed E-state index contributed by atoms with van der Waals surface area (Å²) in [6.45, 7) is 11.2. The number of likely N-dealkylation sites (tertiary alicyclic amines) is 1. The Balaban J connectivity index is 1.17. The third-order valence-corrected chi connectivity index (χ3v) is 19.5. The van der Waals surface area contributed by atoms with Crippen LogP contribution in [0, 0.1) is 11.8 Å². The molecule has 470 valence electrons. The lowest BCUT2D eigenvalue weighted by molar-refractivity contribution is -0.149. The highest BCUT2D eigenvalue weighted by atomic mass is 32.2. The van der Waals surface area contributed by atoms with Crippen LogP contribution in [-0.2, 0) is 54.3 Å². The molecule has 3 aliphatic heterocycles. The molecule has 2 fully saturated rings. The number of nitrogens with one attached hydrogen (secondary N) is 3. The van der Waals surface area contributed by atoms with Gasteiger partial charge in [0.15, 0.2) is 6.10 Å². The van der Waals surface area contributed by atoms with Crippen molar-refractivity contribution < 1.29 is 52.7 Å². The standard InChI is InChI=1S/C61H87N11O11S3/c1-9-40(4)54(66-56(78)46-22-14-16-28-67(46)6)61(82)68(7)47(39(2)3)36-49(83-41(5)73)58-65-45(37-86-58)59(80)69(8)48(38-85-53-24-18-34-84-53)57(79)63-43(21-13-15-27-62)55(77)64-44(35-42-19-11-10-12-20-42)60(81)71-32-30-70(31-33-71)50(74)23-17-29-72-51(75)25-26-52(72)76/h10-12,18-20,24-26,34,37,39-40,43-44,46-49,54H,9,13-17,21-23,27-33,35-36,38,62H2,1-8H3,(H,63,79)(H,64,77)(H,66,78)/t40-,43+,44-,46+,47+,48-,49+,54-/m0/s1. The molecule has 0 saturated carbocycles. The Morgan fingerprint density at radius 2 is 1.51 bits per heavy atom. The van der Waals surface area contributed by atoms with Gasteiger partial charge in [-0.2, -0.15) is 0 Å². The maximum Gasteiger partial charge on any atom is 0.303 e. The highest BCUT2D eigenvalue weighted by Crippen LogP contribution is 2.32. The smallest absolute Gasteiger partial charge is 0.303 e. The lowest BCUT2D eigenvalue weighted by atomic mass is 9.92. The number of rotatable bonds is 31. The number of esters is 1. The molecule has 5 N–H and O–H groups in total. The number of unbranched alkanes of at least 4 members (excludes halogenated alkanes) is 1. The van der Waals surface area contributed by atoms with Crippen LogP contribution in [0.4, 0.5) is 0 Å². The van der Waals surface area contributed by atoms with Gasteiger partial charge in [-0.05, 0) is 87.5 Å². The number of ether oxygens (including phenoxy) is 1. The van der Waals surface area contributed by atoms with Crippen LogP contribution < -0.4 is 21.7 Å². The first-order chi connectivity index (χ1) is 41.1. The molecule has 0 unspecified atom stereocenters. The molecule has 25 heteroatoms. The number of hydrogen-bond acceptors (Lipinski definition) is 17. The van der Waals surface area contributed by atoms with E-state index in [1.54, 1.807) is 21.7 Å². The summed E-state index contributed by atoms with van der Waals surface area (Å²) in [6.07, 6.45) is 6.53. The number of benzene rings is 1. The van der Waals surface area contributed by atoms with Crippen LogP contribution in [-0.4, -0.2) is 202 Å². The van der Waals surface area contributed by atoms with E-state index in [1.807, 2.05) is 87.5 Å². The lowest BCUT2D eigenvalue weighted by Crippen LogP contribution is -2.59. The summed E-state index contributed by atoms with van der Waals surface area (Å²) >= 11 is 3.93. The third-order valence-electron chi connectivity index (χ3n) is 16.3. The zero-order chi connectivity index (χ0) is 62.6. The predicted octanol–water partition coefficient (Wildman–Crippen LogP) is 4.65. The van der Waals surface area contributed by atoms with Crippen LogP contribution in [0.25, 0.3) is 0 Å². The second-order valence-corrected chi connectivity index (χ2v) is 25.9.